The van der Waals surface area contributed by atoms with E-state index in [1.807, 2.05) is 0 Å². The Kier molecular flexibility index (Phi) is 4.21. The highest BCUT2D eigenvalue weighted by Gasteiger charge is 2.21. The number of anilines is 2. The molecule has 0 amide bonds. The number of nitro groups is 1. The highest BCUT2D eigenvalue weighted by molar-refractivity contribution is 5.69. The van der Waals surface area contributed by atoms with Crippen molar-refractivity contribution < 1.29 is 4.92 Å². The highest BCUT2D eigenvalue weighted by atomic mass is 16.6. The second-order valence-electron chi connectivity index (χ2n) is 4.96. The van der Waals surface area contributed by atoms with Crippen LogP contribution in [0.1, 0.15) is 13.3 Å². The maximum Gasteiger partial charge on any atom is 0.271 e. The molecule has 0 spiro atoms. The minimum absolute atomic E-state index is 0.0288. The standard InChI is InChI=1S/C13H20N4O2/c1-2-16-6-5-10(9-16)8-15-13-4-3-11(17(18)19)7-12(13)14/h3-4,7,10,15H,2,5-6,8-9,14H2,1H3. The summed E-state index contributed by atoms with van der Waals surface area (Å²) < 4.78 is 0. The summed E-state index contributed by atoms with van der Waals surface area (Å²) in [5, 5.41) is 13.9. The summed E-state index contributed by atoms with van der Waals surface area (Å²) in [6.07, 6.45) is 1.19. The monoisotopic (exact) mass is 264 g/mol. The quantitative estimate of drug-likeness (QED) is 0.482. The SMILES string of the molecule is CCN1CCC(CNc2ccc([N+](=O)[O-])cc2N)C1. The minimum Gasteiger partial charge on any atom is -0.397 e. The molecule has 6 heteroatoms. The Bertz CT molecular complexity index is 464. The number of nitro benzene ring substituents is 1. The van der Waals surface area contributed by atoms with Crippen molar-refractivity contribution in [2.24, 2.45) is 5.92 Å². The van der Waals surface area contributed by atoms with Crippen molar-refractivity contribution in [3.63, 3.8) is 0 Å². The maximum atomic E-state index is 10.6. The van der Waals surface area contributed by atoms with Gasteiger partial charge in [0, 0.05) is 25.2 Å². The fourth-order valence-corrected chi connectivity index (χ4v) is 2.45. The van der Waals surface area contributed by atoms with E-state index in [-0.39, 0.29) is 5.69 Å². The molecule has 6 nitrogen and oxygen atoms in total. The summed E-state index contributed by atoms with van der Waals surface area (Å²) in [7, 11) is 0. The molecular weight excluding hydrogens is 244 g/mol. The van der Waals surface area contributed by atoms with Crippen LogP contribution < -0.4 is 11.1 Å². The van der Waals surface area contributed by atoms with Gasteiger partial charge in [0.05, 0.1) is 16.3 Å². The van der Waals surface area contributed by atoms with Gasteiger partial charge in [-0.1, -0.05) is 6.92 Å². The van der Waals surface area contributed by atoms with Crippen molar-refractivity contribution in [2.75, 3.05) is 37.2 Å². The van der Waals surface area contributed by atoms with Crippen LogP contribution in [0.5, 0.6) is 0 Å². The average molecular weight is 264 g/mol. The van der Waals surface area contributed by atoms with Crippen molar-refractivity contribution in [3.05, 3.63) is 28.3 Å². The number of nitrogens with zero attached hydrogens (tertiary/aromatic N) is 2. The Labute approximate surface area is 112 Å². The molecule has 1 aromatic carbocycles. The fourth-order valence-electron chi connectivity index (χ4n) is 2.45. The van der Waals surface area contributed by atoms with Crippen molar-refractivity contribution in [2.45, 2.75) is 13.3 Å². The van der Waals surface area contributed by atoms with Crippen LogP contribution in [0.4, 0.5) is 17.1 Å². The largest absolute Gasteiger partial charge is 0.397 e. The molecule has 1 aliphatic rings. The van der Waals surface area contributed by atoms with E-state index >= 15 is 0 Å². The molecule has 104 valence electrons. The minimum atomic E-state index is -0.434. The number of hydrogen-bond acceptors (Lipinski definition) is 5. The lowest BCUT2D eigenvalue weighted by atomic mass is 10.1. The van der Waals surface area contributed by atoms with Gasteiger partial charge in [-0.25, -0.2) is 0 Å². The third kappa shape index (κ3) is 3.35. The lowest BCUT2D eigenvalue weighted by molar-refractivity contribution is -0.384. The zero-order chi connectivity index (χ0) is 13.8. The first-order valence-corrected chi connectivity index (χ1v) is 6.60. The predicted octanol–water partition coefficient (Wildman–Crippen LogP) is 1.93. The van der Waals surface area contributed by atoms with E-state index < -0.39 is 4.92 Å². The molecule has 0 aromatic heterocycles. The number of non-ortho nitro benzene ring substituents is 1. The maximum absolute atomic E-state index is 10.6. The number of rotatable bonds is 5. The van der Waals surface area contributed by atoms with Crippen LogP contribution in [0.25, 0.3) is 0 Å². The van der Waals surface area contributed by atoms with Gasteiger partial charge in [0.25, 0.3) is 5.69 Å². The average Bonchev–Trinajstić information content (AvgIpc) is 2.85. The highest BCUT2D eigenvalue weighted by Crippen LogP contribution is 2.25. The molecule has 1 fully saturated rings. The van der Waals surface area contributed by atoms with Gasteiger partial charge in [0.2, 0.25) is 0 Å². The Morgan fingerprint density at radius 3 is 2.95 bits per heavy atom. The Morgan fingerprint density at radius 2 is 2.37 bits per heavy atom. The summed E-state index contributed by atoms with van der Waals surface area (Å²) in [5.74, 6) is 0.620. The number of likely N-dealkylation sites (tertiary alicyclic amines) is 1. The second-order valence-corrected chi connectivity index (χ2v) is 4.96. The second kappa shape index (κ2) is 5.88. The van der Waals surface area contributed by atoms with Gasteiger partial charge in [0.15, 0.2) is 0 Å². The molecule has 0 saturated carbocycles. The molecule has 0 bridgehead atoms. The predicted molar refractivity (Wildman–Crippen MR) is 76.2 cm³/mol. The molecule has 1 aromatic rings. The number of nitrogens with two attached hydrogens (primary N) is 1. The Hall–Kier alpha value is -1.82. The molecular formula is C13H20N4O2. The van der Waals surface area contributed by atoms with Crippen LogP contribution in [0.2, 0.25) is 0 Å². The Balaban J connectivity index is 1.91. The summed E-state index contributed by atoms with van der Waals surface area (Å²) >= 11 is 0. The molecule has 1 atom stereocenters. The topological polar surface area (TPSA) is 84.4 Å². The summed E-state index contributed by atoms with van der Waals surface area (Å²) in [6, 6.07) is 4.56. The summed E-state index contributed by atoms with van der Waals surface area (Å²) in [6.45, 7) is 6.38. The lowest BCUT2D eigenvalue weighted by Crippen LogP contribution is -2.22. The molecule has 0 radical (unpaired) electrons. The van der Waals surface area contributed by atoms with E-state index in [1.165, 1.54) is 18.6 Å². The van der Waals surface area contributed by atoms with Crippen LogP contribution in [-0.2, 0) is 0 Å². The first kappa shape index (κ1) is 13.6. The van der Waals surface area contributed by atoms with Gasteiger partial charge in [-0.2, -0.15) is 0 Å². The molecule has 1 heterocycles. The zero-order valence-corrected chi connectivity index (χ0v) is 11.1. The van der Waals surface area contributed by atoms with Crippen molar-refractivity contribution >= 4 is 17.1 Å². The summed E-state index contributed by atoms with van der Waals surface area (Å²) in [4.78, 5) is 12.6. The molecule has 1 unspecified atom stereocenters. The van der Waals surface area contributed by atoms with Crippen molar-refractivity contribution in [3.8, 4) is 0 Å². The van der Waals surface area contributed by atoms with Crippen molar-refractivity contribution in [1.82, 2.24) is 4.90 Å². The van der Waals surface area contributed by atoms with E-state index in [9.17, 15) is 10.1 Å². The van der Waals surface area contributed by atoms with E-state index in [0.717, 1.165) is 31.9 Å². The number of nitrogens with one attached hydrogen (secondary N) is 1. The van der Waals surface area contributed by atoms with Crippen molar-refractivity contribution in [1.29, 1.82) is 0 Å². The van der Waals surface area contributed by atoms with E-state index in [1.54, 1.807) is 6.07 Å². The van der Waals surface area contributed by atoms with Gasteiger partial charge < -0.3 is 16.0 Å². The molecule has 1 aliphatic heterocycles. The van der Waals surface area contributed by atoms with Gasteiger partial charge in [-0.15, -0.1) is 0 Å². The first-order valence-electron chi connectivity index (χ1n) is 6.60. The van der Waals surface area contributed by atoms with E-state index in [2.05, 4.69) is 17.1 Å². The smallest absolute Gasteiger partial charge is 0.271 e. The number of hydrogen-bond donors (Lipinski definition) is 2. The molecule has 19 heavy (non-hydrogen) atoms. The molecule has 3 N–H and O–H groups in total. The lowest BCUT2D eigenvalue weighted by Gasteiger charge is -2.15. The normalized spacial score (nSPS) is 19.5. The van der Waals surface area contributed by atoms with Crippen LogP contribution in [-0.4, -0.2) is 36.0 Å². The first-order chi connectivity index (χ1) is 9.10. The fraction of sp³-hybridized carbons (Fsp3) is 0.538. The third-order valence-corrected chi connectivity index (χ3v) is 3.64. The van der Waals surface area contributed by atoms with E-state index in [4.69, 9.17) is 5.73 Å². The van der Waals surface area contributed by atoms with E-state index in [0.29, 0.717) is 11.6 Å². The molecule has 2 rings (SSSR count). The van der Waals surface area contributed by atoms with Crippen LogP contribution in [0, 0.1) is 16.0 Å². The van der Waals surface area contributed by atoms with Gasteiger partial charge in [-0.3, -0.25) is 10.1 Å². The molecule has 1 saturated heterocycles. The number of benzene rings is 1. The van der Waals surface area contributed by atoms with Gasteiger partial charge in [0.1, 0.15) is 0 Å². The zero-order valence-electron chi connectivity index (χ0n) is 11.1. The Morgan fingerprint density at radius 1 is 1.58 bits per heavy atom. The van der Waals surface area contributed by atoms with Gasteiger partial charge in [-0.05, 0) is 31.5 Å². The number of nitrogen functional groups attached to an aromatic ring is 1. The van der Waals surface area contributed by atoms with Crippen LogP contribution in [0.3, 0.4) is 0 Å². The molecule has 0 aliphatic carbocycles. The van der Waals surface area contributed by atoms with Crippen LogP contribution >= 0.6 is 0 Å². The third-order valence-electron chi connectivity index (χ3n) is 3.64. The van der Waals surface area contributed by atoms with Crippen LogP contribution in [0.15, 0.2) is 18.2 Å². The summed E-state index contributed by atoms with van der Waals surface area (Å²) in [5.41, 5.74) is 7.06. The van der Waals surface area contributed by atoms with Gasteiger partial charge >= 0.3 is 0 Å².